The van der Waals surface area contributed by atoms with Crippen molar-refractivity contribution in [3.63, 3.8) is 0 Å². The normalized spacial score (nSPS) is 16.9. The molecule has 4 aromatic rings. The van der Waals surface area contributed by atoms with Gasteiger partial charge >= 0.3 is 0 Å². The number of nitrogens with zero attached hydrogens (tertiary/aromatic N) is 3. The van der Waals surface area contributed by atoms with Crippen LogP contribution in [-0.2, 0) is 4.84 Å². The largest absolute Gasteiger partial charge is 0.368 e. The van der Waals surface area contributed by atoms with Gasteiger partial charge in [0.25, 0.3) is 0 Å². The molecule has 0 saturated carbocycles. The second-order valence-corrected chi connectivity index (χ2v) is 6.57. The highest BCUT2D eigenvalue weighted by Gasteiger charge is 2.31. The number of hydrogen-bond donors (Lipinski definition) is 2. The Morgan fingerprint density at radius 2 is 1.74 bits per heavy atom. The van der Waals surface area contributed by atoms with E-state index in [0.717, 1.165) is 22.9 Å². The lowest BCUT2D eigenvalue weighted by molar-refractivity contribution is 0.157. The van der Waals surface area contributed by atoms with Crippen LogP contribution >= 0.6 is 0 Å². The lowest BCUT2D eigenvalue weighted by Crippen LogP contribution is -2.23. The number of aromatic amines is 1. The smallest absolute Gasteiger partial charge is 0.224 e. The topological polar surface area (TPSA) is 80.1 Å². The maximum atomic E-state index is 6.00. The summed E-state index contributed by atoms with van der Waals surface area (Å²) in [5.41, 5.74) is 10.0. The maximum Gasteiger partial charge on any atom is 0.224 e. The molecule has 0 spiro atoms. The summed E-state index contributed by atoms with van der Waals surface area (Å²) < 4.78 is 0. The third kappa shape index (κ3) is 2.71. The minimum Gasteiger partial charge on any atom is -0.368 e. The predicted molar refractivity (Wildman–Crippen MR) is 106 cm³/mol. The SMILES string of the molecule is Nc1nc(N2OCCC2c2ccccc2)c2c(-c3ccccc3)c[nH]c2n1. The van der Waals surface area contributed by atoms with Crippen LogP contribution in [0.25, 0.3) is 22.2 Å². The van der Waals surface area contributed by atoms with Crippen LogP contribution < -0.4 is 10.8 Å². The summed E-state index contributed by atoms with van der Waals surface area (Å²) in [4.78, 5) is 18.2. The van der Waals surface area contributed by atoms with Crippen molar-refractivity contribution in [1.82, 2.24) is 15.0 Å². The molecule has 0 amide bonds. The Morgan fingerprint density at radius 1 is 1.00 bits per heavy atom. The molecule has 2 aromatic carbocycles. The fourth-order valence-corrected chi connectivity index (χ4v) is 3.69. The first-order valence-electron chi connectivity index (χ1n) is 8.98. The van der Waals surface area contributed by atoms with Gasteiger partial charge in [0.1, 0.15) is 5.65 Å². The molecule has 3 heterocycles. The van der Waals surface area contributed by atoms with Crippen molar-refractivity contribution in [2.75, 3.05) is 17.4 Å². The Bertz CT molecular complexity index is 1080. The molecule has 1 fully saturated rings. The number of nitrogens with two attached hydrogens (primary N) is 1. The molecule has 0 radical (unpaired) electrons. The predicted octanol–water partition coefficient (Wildman–Crippen LogP) is 4.09. The van der Waals surface area contributed by atoms with Gasteiger partial charge in [-0.2, -0.15) is 9.97 Å². The van der Waals surface area contributed by atoms with Crippen molar-refractivity contribution in [1.29, 1.82) is 0 Å². The van der Waals surface area contributed by atoms with Crippen LogP contribution in [0, 0.1) is 0 Å². The van der Waals surface area contributed by atoms with Crippen molar-refractivity contribution >= 4 is 22.8 Å². The highest BCUT2D eigenvalue weighted by atomic mass is 16.7. The number of fused-ring (bicyclic) bond motifs is 1. The molecule has 1 aliphatic heterocycles. The molecule has 5 rings (SSSR count). The monoisotopic (exact) mass is 357 g/mol. The zero-order chi connectivity index (χ0) is 18.2. The molecule has 2 aromatic heterocycles. The molecule has 1 atom stereocenters. The molecular formula is C21H19N5O. The number of nitrogen functional groups attached to an aromatic ring is 1. The highest BCUT2D eigenvalue weighted by Crippen LogP contribution is 2.40. The second-order valence-electron chi connectivity index (χ2n) is 6.57. The van der Waals surface area contributed by atoms with E-state index >= 15 is 0 Å². The summed E-state index contributed by atoms with van der Waals surface area (Å²) in [6.45, 7) is 0.635. The number of aromatic nitrogens is 3. The zero-order valence-corrected chi connectivity index (χ0v) is 14.7. The lowest BCUT2D eigenvalue weighted by Gasteiger charge is -2.24. The third-order valence-corrected chi connectivity index (χ3v) is 4.91. The first-order chi connectivity index (χ1) is 13.3. The molecular weight excluding hydrogens is 338 g/mol. The molecule has 0 bridgehead atoms. The minimum atomic E-state index is 0.0854. The fraction of sp³-hybridized carbons (Fsp3) is 0.143. The Morgan fingerprint density at radius 3 is 2.52 bits per heavy atom. The van der Waals surface area contributed by atoms with Crippen molar-refractivity contribution in [2.24, 2.45) is 0 Å². The summed E-state index contributed by atoms with van der Waals surface area (Å²) >= 11 is 0. The Kier molecular flexibility index (Phi) is 3.76. The molecule has 6 nitrogen and oxygen atoms in total. The van der Waals surface area contributed by atoms with E-state index in [-0.39, 0.29) is 12.0 Å². The number of rotatable bonds is 3. The van der Waals surface area contributed by atoms with Crippen LogP contribution in [0.5, 0.6) is 0 Å². The summed E-state index contributed by atoms with van der Waals surface area (Å²) in [7, 11) is 0. The van der Waals surface area contributed by atoms with Gasteiger partial charge in [0, 0.05) is 18.2 Å². The van der Waals surface area contributed by atoms with E-state index in [4.69, 9.17) is 10.6 Å². The Balaban J connectivity index is 1.69. The van der Waals surface area contributed by atoms with Gasteiger partial charge in [0.15, 0.2) is 5.82 Å². The molecule has 6 heteroatoms. The van der Waals surface area contributed by atoms with Crippen LogP contribution in [0.1, 0.15) is 18.0 Å². The molecule has 3 N–H and O–H groups in total. The van der Waals surface area contributed by atoms with Gasteiger partial charge in [-0.3, -0.25) is 4.84 Å². The average molecular weight is 357 g/mol. The van der Waals surface area contributed by atoms with Crippen LogP contribution in [-0.4, -0.2) is 21.6 Å². The third-order valence-electron chi connectivity index (χ3n) is 4.91. The average Bonchev–Trinajstić information content (AvgIpc) is 3.36. The number of H-pyrrole nitrogens is 1. The minimum absolute atomic E-state index is 0.0854. The lowest BCUT2D eigenvalue weighted by atomic mass is 10.0. The standard InChI is InChI=1S/C21H19N5O/c22-21-24-19-18(16(13-23-19)14-7-3-1-4-8-14)20(25-21)26-17(11-12-27-26)15-9-5-2-6-10-15/h1-10,13,17H,11-12H2,(H3,22,23,24,25). The van der Waals surface area contributed by atoms with Gasteiger partial charge in [-0.05, 0) is 11.1 Å². The summed E-state index contributed by atoms with van der Waals surface area (Å²) in [6, 6.07) is 20.6. The summed E-state index contributed by atoms with van der Waals surface area (Å²) in [6.07, 6.45) is 2.84. The Labute approximate surface area is 156 Å². The van der Waals surface area contributed by atoms with Crippen LogP contribution in [0.15, 0.2) is 66.9 Å². The van der Waals surface area contributed by atoms with E-state index in [2.05, 4.69) is 39.2 Å². The summed E-state index contributed by atoms with van der Waals surface area (Å²) in [5.74, 6) is 0.922. The fourth-order valence-electron chi connectivity index (χ4n) is 3.69. The first-order valence-corrected chi connectivity index (χ1v) is 8.98. The number of hydrogen-bond acceptors (Lipinski definition) is 5. The van der Waals surface area contributed by atoms with Crippen LogP contribution in [0.4, 0.5) is 11.8 Å². The molecule has 1 aliphatic rings. The van der Waals surface area contributed by atoms with E-state index in [9.17, 15) is 0 Å². The molecule has 1 saturated heterocycles. The molecule has 1 unspecified atom stereocenters. The van der Waals surface area contributed by atoms with Gasteiger partial charge in [0.05, 0.1) is 18.0 Å². The number of nitrogens with one attached hydrogen (secondary N) is 1. The molecule has 134 valence electrons. The molecule has 0 aliphatic carbocycles. The summed E-state index contributed by atoms with van der Waals surface area (Å²) in [5, 5.41) is 2.80. The number of hydroxylamine groups is 1. The van der Waals surface area contributed by atoms with Gasteiger partial charge < -0.3 is 10.7 Å². The molecule has 27 heavy (non-hydrogen) atoms. The van der Waals surface area contributed by atoms with Crippen molar-refractivity contribution in [2.45, 2.75) is 12.5 Å². The van der Waals surface area contributed by atoms with E-state index in [1.54, 1.807) is 0 Å². The second kappa shape index (κ2) is 6.41. The van der Waals surface area contributed by atoms with Gasteiger partial charge in [-0.15, -0.1) is 0 Å². The van der Waals surface area contributed by atoms with Crippen molar-refractivity contribution < 1.29 is 4.84 Å². The van der Waals surface area contributed by atoms with E-state index in [0.29, 0.717) is 18.1 Å². The van der Waals surface area contributed by atoms with Crippen LogP contribution in [0.2, 0.25) is 0 Å². The first kappa shape index (κ1) is 15.8. The van der Waals surface area contributed by atoms with Crippen LogP contribution in [0.3, 0.4) is 0 Å². The van der Waals surface area contributed by atoms with Gasteiger partial charge in [0.2, 0.25) is 5.95 Å². The van der Waals surface area contributed by atoms with Crippen molar-refractivity contribution in [3.8, 4) is 11.1 Å². The number of anilines is 2. The number of benzene rings is 2. The van der Waals surface area contributed by atoms with Gasteiger partial charge in [-0.25, -0.2) is 5.06 Å². The maximum absolute atomic E-state index is 6.00. The zero-order valence-electron chi connectivity index (χ0n) is 14.7. The quantitative estimate of drug-likeness (QED) is 0.577. The van der Waals surface area contributed by atoms with Gasteiger partial charge in [-0.1, -0.05) is 60.7 Å². The highest BCUT2D eigenvalue weighted by molar-refractivity contribution is 6.01. The van der Waals surface area contributed by atoms with Crippen molar-refractivity contribution in [3.05, 3.63) is 72.4 Å². The van der Waals surface area contributed by atoms with E-state index < -0.39 is 0 Å². The van der Waals surface area contributed by atoms with E-state index in [1.807, 2.05) is 47.7 Å². The van der Waals surface area contributed by atoms with E-state index in [1.165, 1.54) is 5.56 Å². The Hall–Kier alpha value is -3.38.